The minimum Gasteiger partial charge on any atom is -0.313 e. The number of rotatable bonds is 6. The number of likely N-dealkylation sites (tertiary alicyclic amines) is 1. The Kier molecular flexibility index (Phi) is 6.32. The zero-order chi connectivity index (χ0) is 10.2. The first-order valence-electron chi connectivity index (χ1n) is 5.43. The van der Waals surface area contributed by atoms with E-state index in [2.05, 4.69) is 23.8 Å². The van der Waals surface area contributed by atoms with E-state index in [9.17, 15) is 0 Å². The summed E-state index contributed by atoms with van der Waals surface area (Å²) in [6, 6.07) is 0.760. The maximum absolute atomic E-state index is 3.71. The second kappa shape index (κ2) is 7.32. The highest BCUT2D eigenvalue weighted by molar-refractivity contribution is 7.99. The van der Waals surface area contributed by atoms with Gasteiger partial charge in [0.1, 0.15) is 0 Å². The van der Waals surface area contributed by atoms with Crippen LogP contribution in [0.15, 0.2) is 12.7 Å². The molecular weight excluding hydrogens is 192 g/mol. The van der Waals surface area contributed by atoms with Crippen molar-refractivity contribution in [3.63, 3.8) is 0 Å². The van der Waals surface area contributed by atoms with Crippen LogP contribution in [0.3, 0.4) is 0 Å². The van der Waals surface area contributed by atoms with Crippen LogP contribution in [0, 0.1) is 0 Å². The smallest absolute Gasteiger partial charge is 0.0111 e. The van der Waals surface area contributed by atoms with Crippen LogP contribution in [0.1, 0.15) is 12.8 Å². The predicted octanol–water partition coefficient (Wildman–Crippen LogP) is 1.59. The summed E-state index contributed by atoms with van der Waals surface area (Å²) >= 11 is 1.95. The van der Waals surface area contributed by atoms with Gasteiger partial charge < -0.3 is 10.2 Å². The van der Waals surface area contributed by atoms with Crippen molar-refractivity contribution in [3.05, 3.63) is 12.7 Å². The molecule has 1 aliphatic rings. The molecule has 1 N–H and O–H groups in total. The van der Waals surface area contributed by atoms with Gasteiger partial charge in [0.15, 0.2) is 0 Å². The summed E-state index contributed by atoms with van der Waals surface area (Å²) in [5, 5.41) is 3.62. The highest BCUT2D eigenvalue weighted by atomic mass is 32.2. The van der Waals surface area contributed by atoms with Crippen molar-refractivity contribution in [2.24, 2.45) is 0 Å². The standard InChI is InChI=1S/C11H22N2S/c1-3-9-14-10-6-12-11-4-7-13(2)8-5-11/h3,11-12H,1,4-10H2,2H3. The molecule has 0 bridgehead atoms. The van der Waals surface area contributed by atoms with Gasteiger partial charge in [0.25, 0.3) is 0 Å². The van der Waals surface area contributed by atoms with Gasteiger partial charge in [0.2, 0.25) is 0 Å². The SMILES string of the molecule is C=CCSCCNC1CCN(C)CC1. The van der Waals surface area contributed by atoms with Crippen LogP contribution in [0.25, 0.3) is 0 Å². The fourth-order valence-corrected chi connectivity index (χ4v) is 2.31. The first-order valence-corrected chi connectivity index (χ1v) is 6.59. The minimum atomic E-state index is 0.760. The summed E-state index contributed by atoms with van der Waals surface area (Å²) in [6.45, 7) is 7.35. The van der Waals surface area contributed by atoms with Gasteiger partial charge in [-0.2, -0.15) is 11.8 Å². The van der Waals surface area contributed by atoms with Crippen LogP contribution in [0.2, 0.25) is 0 Å². The Morgan fingerprint density at radius 1 is 1.50 bits per heavy atom. The molecule has 0 atom stereocenters. The molecule has 82 valence electrons. The number of nitrogens with zero attached hydrogens (tertiary/aromatic N) is 1. The summed E-state index contributed by atoms with van der Waals surface area (Å²) in [4.78, 5) is 2.41. The van der Waals surface area contributed by atoms with E-state index in [0.29, 0.717) is 0 Å². The van der Waals surface area contributed by atoms with E-state index in [1.807, 2.05) is 17.8 Å². The molecule has 1 fully saturated rings. The van der Waals surface area contributed by atoms with Crippen LogP contribution >= 0.6 is 11.8 Å². The van der Waals surface area contributed by atoms with Crippen molar-refractivity contribution in [2.75, 3.05) is 38.2 Å². The van der Waals surface area contributed by atoms with Gasteiger partial charge in [0, 0.05) is 24.1 Å². The first kappa shape index (κ1) is 12.1. The third kappa shape index (κ3) is 5.03. The normalized spacial score (nSPS) is 19.8. The molecule has 0 unspecified atom stereocenters. The Hall–Kier alpha value is 0.01000. The summed E-state index contributed by atoms with van der Waals surface area (Å²) in [7, 11) is 2.20. The third-order valence-corrected chi connectivity index (χ3v) is 3.60. The minimum absolute atomic E-state index is 0.760. The Labute approximate surface area is 92.1 Å². The fraction of sp³-hybridized carbons (Fsp3) is 0.818. The fourth-order valence-electron chi connectivity index (χ4n) is 1.71. The van der Waals surface area contributed by atoms with Crippen LogP contribution in [-0.4, -0.2) is 49.1 Å². The summed E-state index contributed by atoms with van der Waals surface area (Å²) in [5.41, 5.74) is 0. The van der Waals surface area contributed by atoms with E-state index in [0.717, 1.165) is 18.3 Å². The third-order valence-electron chi connectivity index (χ3n) is 2.63. The van der Waals surface area contributed by atoms with Gasteiger partial charge in [-0.1, -0.05) is 6.08 Å². The van der Waals surface area contributed by atoms with E-state index in [-0.39, 0.29) is 0 Å². The summed E-state index contributed by atoms with van der Waals surface area (Å²) < 4.78 is 0. The van der Waals surface area contributed by atoms with Crippen molar-refractivity contribution in [1.82, 2.24) is 10.2 Å². The molecule has 3 heteroatoms. The Balaban J connectivity index is 1.93. The quantitative estimate of drug-likeness (QED) is 0.534. The van der Waals surface area contributed by atoms with Crippen molar-refractivity contribution < 1.29 is 0 Å². The molecule has 1 rings (SSSR count). The highest BCUT2D eigenvalue weighted by Gasteiger charge is 2.14. The van der Waals surface area contributed by atoms with Gasteiger partial charge in [-0.3, -0.25) is 0 Å². The van der Waals surface area contributed by atoms with Crippen LogP contribution < -0.4 is 5.32 Å². The van der Waals surface area contributed by atoms with Crippen LogP contribution in [0.5, 0.6) is 0 Å². The van der Waals surface area contributed by atoms with Gasteiger partial charge in [-0.05, 0) is 33.0 Å². The van der Waals surface area contributed by atoms with E-state index in [1.54, 1.807) is 0 Å². The molecule has 0 aromatic heterocycles. The second-order valence-electron chi connectivity index (χ2n) is 3.90. The molecule has 1 aliphatic heterocycles. The number of hydrogen-bond acceptors (Lipinski definition) is 3. The van der Waals surface area contributed by atoms with E-state index in [1.165, 1.54) is 31.7 Å². The molecule has 1 saturated heterocycles. The molecule has 0 spiro atoms. The molecule has 0 aliphatic carbocycles. The topological polar surface area (TPSA) is 15.3 Å². The molecule has 0 aromatic carbocycles. The number of hydrogen-bond donors (Lipinski definition) is 1. The summed E-state index contributed by atoms with van der Waals surface area (Å²) in [6.07, 6.45) is 4.59. The van der Waals surface area contributed by atoms with E-state index in [4.69, 9.17) is 0 Å². The largest absolute Gasteiger partial charge is 0.313 e. The molecule has 0 aromatic rings. The lowest BCUT2D eigenvalue weighted by atomic mass is 10.1. The van der Waals surface area contributed by atoms with Gasteiger partial charge >= 0.3 is 0 Å². The predicted molar refractivity (Wildman–Crippen MR) is 66.0 cm³/mol. The number of nitrogens with one attached hydrogen (secondary N) is 1. The molecule has 0 amide bonds. The number of thioether (sulfide) groups is 1. The lowest BCUT2D eigenvalue weighted by Gasteiger charge is -2.29. The van der Waals surface area contributed by atoms with Crippen molar-refractivity contribution in [3.8, 4) is 0 Å². The molecule has 0 saturated carbocycles. The van der Waals surface area contributed by atoms with Gasteiger partial charge in [-0.25, -0.2) is 0 Å². The summed E-state index contributed by atoms with van der Waals surface area (Å²) in [5.74, 6) is 2.29. The monoisotopic (exact) mass is 214 g/mol. The van der Waals surface area contributed by atoms with Crippen molar-refractivity contribution in [1.29, 1.82) is 0 Å². The maximum atomic E-state index is 3.71. The van der Waals surface area contributed by atoms with E-state index < -0.39 is 0 Å². The average molecular weight is 214 g/mol. The van der Waals surface area contributed by atoms with Crippen molar-refractivity contribution in [2.45, 2.75) is 18.9 Å². The van der Waals surface area contributed by atoms with Crippen LogP contribution in [-0.2, 0) is 0 Å². The van der Waals surface area contributed by atoms with Crippen LogP contribution in [0.4, 0.5) is 0 Å². The molecular formula is C11H22N2S. The number of piperidine rings is 1. The van der Waals surface area contributed by atoms with Gasteiger partial charge in [-0.15, -0.1) is 6.58 Å². The Morgan fingerprint density at radius 2 is 2.21 bits per heavy atom. The molecule has 0 radical (unpaired) electrons. The maximum Gasteiger partial charge on any atom is 0.0111 e. The second-order valence-corrected chi connectivity index (χ2v) is 5.05. The lowest BCUT2D eigenvalue weighted by molar-refractivity contribution is 0.237. The first-order chi connectivity index (χ1) is 6.83. The van der Waals surface area contributed by atoms with Crippen molar-refractivity contribution >= 4 is 11.8 Å². The molecule has 2 nitrogen and oxygen atoms in total. The Bertz CT molecular complexity index is 153. The lowest BCUT2D eigenvalue weighted by Crippen LogP contribution is -2.41. The zero-order valence-corrected chi connectivity index (χ0v) is 9.98. The Morgan fingerprint density at radius 3 is 2.86 bits per heavy atom. The molecule has 1 heterocycles. The van der Waals surface area contributed by atoms with Gasteiger partial charge in [0.05, 0.1) is 0 Å². The average Bonchev–Trinajstić information content (AvgIpc) is 2.21. The highest BCUT2D eigenvalue weighted by Crippen LogP contribution is 2.08. The van der Waals surface area contributed by atoms with E-state index >= 15 is 0 Å². The zero-order valence-electron chi connectivity index (χ0n) is 9.17. The molecule has 14 heavy (non-hydrogen) atoms.